The molecule has 0 spiro atoms. The molecule has 1 saturated heterocycles. The third kappa shape index (κ3) is 7.90. The summed E-state index contributed by atoms with van der Waals surface area (Å²) in [5, 5.41) is 3.37. The van der Waals surface area contributed by atoms with Crippen LogP contribution in [0.2, 0.25) is 0 Å². The molecule has 2 unspecified atom stereocenters. The lowest BCUT2D eigenvalue weighted by molar-refractivity contribution is -0.142. The smallest absolute Gasteiger partial charge is 0.407 e. The number of nitrogens with zero attached hydrogens (tertiary/aromatic N) is 1. The van der Waals surface area contributed by atoms with E-state index in [1.54, 1.807) is 25.4 Å². The van der Waals surface area contributed by atoms with E-state index in [4.69, 9.17) is 14.2 Å². The van der Waals surface area contributed by atoms with Crippen LogP contribution in [-0.2, 0) is 26.1 Å². The maximum Gasteiger partial charge on any atom is 0.407 e. The molecule has 2 atom stereocenters. The van der Waals surface area contributed by atoms with Crippen LogP contribution in [0.25, 0.3) is 22.3 Å². The van der Waals surface area contributed by atoms with E-state index in [9.17, 15) is 9.59 Å². The molecule has 6 rings (SSSR count). The fourth-order valence-electron chi connectivity index (χ4n) is 6.78. The zero-order valence-corrected chi connectivity index (χ0v) is 31.2. The quantitative estimate of drug-likeness (QED) is 0.0585. The Morgan fingerprint density at radius 3 is 2.61 bits per heavy atom. The summed E-state index contributed by atoms with van der Waals surface area (Å²) >= 11 is 2.30. The third-order valence-corrected chi connectivity index (χ3v) is 10.5. The van der Waals surface area contributed by atoms with Gasteiger partial charge in [-0.05, 0) is 91.2 Å². The van der Waals surface area contributed by atoms with Gasteiger partial charge in [-0.25, -0.2) is 18.6 Å². The molecule has 0 bridgehead atoms. The fourth-order valence-corrected chi connectivity index (χ4v) is 7.33. The normalized spacial score (nSPS) is 15.7. The summed E-state index contributed by atoms with van der Waals surface area (Å²) in [6.07, 6.45) is 6.11. The SMILES string of the molecule is CCOC(=O)Cc1c(Oc2ccc(F)c(-c3ncc(C(C)(CCCCC(C)(C)C4CNC(=O)O4)c4cccc(I)c4)[nH]3)c2)c(F)cc2[nH]ccc12. The molecule has 0 radical (unpaired) electrons. The first-order chi connectivity index (χ1) is 24.4. The number of H-pyrrole nitrogens is 2. The number of aromatic amines is 2. The van der Waals surface area contributed by atoms with Gasteiger partial charge in [0.15, 0.2) is 11.6 Å². The first-order valence-electron chi connectivity index (χ1n) is 17.1. The van der Waals surface area contributed by atoms with Crippen molar-refractivity contribution in [1.29, 1.82) is 0 Å². The number of ether oxygens (including phenoxy) is 3. The van der Waals surface area contributed by atoms with E-state index in [0.717, 1.165) is 40.5 Å². The number of imidazole rings is 1. The minimum atomic E-state index is -0.673. The van der Waals surface area contributed by atoms with Gasteiger partial charge in [0.05, 0.1) is 25.1 Å². The number of esters is 1. The molecule has 0 aliphatic carbocycles. The Labute approximate surface area is 309 Å². The molecule has 268 valence electrons. The van der Waals surface area contributed by atoms with Gasteiger partial charge in [-0.2, -0.15) is 0 Å². The van der Waals surface area contributed by atoms with Gasteiger partial charge in [-0.3, -0.25) is 4.79 Å². The lowest BCUT2D eigenvalue weighted by Crippen LogP contribution is -2.32. The molecule has 3 aromatic carbocycles. The number of amides is 1. The van der Waals surface area contributed by atoms with E-state index in [-0.39, 0.29) is 47.7 Å². The van der Waals surface area contributed by atoms with E-state index < -0.39 is 23.0 Å². The lowest BCUT2D eigenvalue weighted by Gasteiger charge is -2.32. The number of alkyl carbamates (subject to hydrolysis) is 1. The van der Waals surface area contributed by atoms with E-state index in [2.05, 4.69) is 75.8 Å². The highest BCUT2D eigenvalue weighted by molar-refractivity contribution is 14.1. The van der Waals surface area contributed by atoms with Crippen molar-refractivity contribution < 1.29 is 32.6 Å². The molecule has 1 aliphatic rings. The Bertz CT molecular complexity index is 2060. The molecule has 2 aromatic heterocycles. The molecule has 1 aliphatic heterocycles. The molecular weight excluding hydrogens is 769 g/mol. The summed E-state index contributed by atoms with van der Waals surface area (Å²) in [5.41, 5.74) is 2.24. The van der Waals surface area contributed by atoms with Crippen molar-refractivity contribution in [3.8, 4) is 22.9 Å². The zero-order valence-electron chi connectivity index (χ0n) is 29.0. The number of carbonyl (C=O) groups excluding carboxylic acids is 2. The van der Waals surface area contributed by atoms with Crippen LogP contribution in [0.15, 0.2) is 67.0 Å². The summed E-state index contributed by atoms with van der Waals surface area (Å²) in [5.74, 6) is -1.38. The van der Waals surface area contributed by atoms with Crippen molar-refractivity contribution >= 4 is 45.6 Å². The van der Waals surface area contributed by atoms with Crippen LogP contribution < -0.4 is 10.1 Å². The van der Waals surface area contributed by atoms with Crippen molar-refractivity contribution in [2.24, 2.45) is 5.41 Å². The summed E-state index contributed by atoms with van der Waals surface area (Å²) in [7, 11) is 0. The monoisotopic (exact) mass is 810 g/mol. The summed E-state index contributed by atoms with van der Waals surface area (Å²) in [6.45, 7) is 8.80. The fraction of sp³-hybridized carbons (Fsp3) is 0.359. The van der Waals surface area contributed by atoms with E-state index in [1.165, 1.54) is 24.3 Å². The highest BCUT2D eigenvalue weighted by Crippen LogP contribution is 2.41. The second-order valence-electron chi connectivity index (χ2n) is 13.8. The highest BCUT2D eigenvalue weighted by atomic mass is 127. The molecule has 5 aromatic rings. The Morgan fingerprint density at radius 1 is 1.06 bits per heavy atom. The lowest BCUT2D eigenvalue weighted by atomic mass is 9.74. The van der Waals surface area contributed by atoms with E-state index in [0.29, 0.717) is 28.8 Å². The maximum atomic E-state index is 15.5. The van der Waals surface area contributed by atoms with Gasteiger partial charge in [0.1, 0.15) is 23.5 Å². The zero-order chi connectivity index (χ0) is 36.3. The Morgan fingerprint density at radius 2 is 1.86 bits per heavy atom. The first-order valence-corrected chi connectivity index (χ1v) is 18.1. The minimum Gasteiger partial charge on any atom is -0.466 e. The summed E-state index contributed by atoms with van der Waals surface area (Å²) in [6, 6.07) is 15.5. The van der Waals surface area contributed by atoms with Crippen molar-refractivity contribution in [2.45, 2.75) is 71.3 Å². The van der Waals surface area contributed by atoms with Crippen molar-refractivity contribution in [2.75, 3.05) is 13.2 Å². The van der Waals surface area contributed by atoms with Gasteiger partial charge >= 0.3 is 12.1 Å². The van der Waals surface area contributed by atoms with E-state index in [1.807, 2.05) is 12.1 Å². The predicted octanol–water partition coefficient (Wildman–Crippen LogP) is 9.34. The molecule has 12 heteroatoms. The topological polar surface area (TPSA) is 118 Å². The molecule has 3 N–H and O–H groups in total. The number of hydrogen-bond donors (Lipinski definition) is 3. The number of hydrogen-bond acceptors (Lipinski definition) is 6. The number of nitrogens with one attached hydrogen (secondary N) is 3. The van der Waals surface area contributed by atoms with Crippen LogP contribution in [0.5, 0.6) is 11.5 Å². The Kier molecular flexibility index (Phi) is 10.7. The highest BCUT2D eigenvalue weighted by Gasteiger charge is 2.37. The second kappa shape index (κ2) is 15.0. The molecule has 1 fully saturated rings. The van der Waals surface area contributed by atoms with Crippen LogP contribution in [-0.4, -0.2) is 46.3 Å². The molecule has 51 heavy (non-hydrogen) atoms. The van der Waals surface area contributed by atoms with Crippen molar-refractivity contribution in [3.05, 3.63) is 99.0 Å². The minimum absolute atomic E-state index is 0.135. The van der Waals surface area contributed by atoms with Crippen LogP contribution >= 0.6 is 22.6 Å². The summed E-state index contributed by atoms with van der Waals surface area (Å²) < 4.78 is 48.7. The number of halogens is 3. The van der Waals surface area contributed by atoms with Gasteiger partial charge < -0.3 is 29.5 Å². The average molecular weight is 811 g/mol. The number of carbonyl (C=O) groups is 2. The second-order valence-corrected chi connectivity index (χ2v) is 15.0. The predicted molar refractivity (Wildman–Crippen MR) is 199 cm³/mol. The number of aromatic nitrogens is 3. The number of fused-ring (bicyclic) bond motifs is 1. The number of rotatable bonds is 14. The maximum absolute atomic E-state index is 15.5. The molecule has 3 heterocycles. The third-order valence-electron chi connectivity index (χ3n) is 9.84. The number of unbranched alkanes of at least 4 members (excludes halogenated alkanes) is 1. The van der Waals surface area contributed by atoms with Gasteiger partial charge in [-0.1, -0.05) is 38.8 Å². The summed E-state index contributed by atoms with van der Waals surface area (Å²) in [4.78, 5) is 35.1. The van der Waals surface area contributed by atoms with Crippen LogP contribution in [0.4, 0.5) is 13.6 Å². The molecule has 0 saturated carbocycles. The Hall–Kier alpha value is -4.46. The van der Waals surface area contributed by atoms with Crippen LogP contribution in [0.3, 0.4) is 0 Å². The van der Waals surface area contributed by atoms with Gasteiger partial charge in [0.25, 0.3) is 0 Å². The van der Waals surface area contributed by atoms with Crippen molar-refractivity contribution in [1.82, 2.24) is 20.3 Å². The average Bonchev–Trinajstić information content (AvgIpc) is 3.87. The number of cyclic esters (lactones) is 1. The number of benzene rings is 3. The van der Waals surface area contributed by atoms with Crippen LogP contribution in [0.1, 0.15) is 70.2 Å². The van der Waals surface area contributed by atoms with Crippen molar-refractivity contribution in [3.63, 3.8) is 0 Å². The largest absolute Gasteiger partial charge is 0.466 e. The molecule has 9 nitrogen and oxygen atoms in total. The Balaban J connectivity index is 1.27. The van der Waals surface area contributed by atoms with Gasteiger partial charge in [0.2, 0.25) is 0 Å². The molecular formula is C39H41F2IN4O5. The standard InChI is InChI=1S/C39H41F2IN4O5/c1-5-49-34(47)19-27-26-13-16-43-31(26)20-30(41)35(27)50-25-11-12-29(40)28(18-25)36-44-21-32(46-36)39(4,23-9-8-10-24(42)17-23)15-7-6-14-38(2,3)33-22-45-37(48)51-33/h8-13,16-18,20-21,33,43H,5-7,14-15,19,22H2,1-4H3,(H,44,46)(H,45,48). The molecule has 1 amide bonds. The van der Waals surface area contributed by atoms with Crippen LogP contribution in [0, 0.1) is 20.6 Å². The van der Waals surface area contributed by atoms with Gasteiger partial charge in [0, 0.05) is 55.0 Å². The first kappa shape index (κ1) is 36.3. The van der Waals surface area contributed by atoms with Gasteiger partial charge in [-0.15, -0.1) is 0 Å². The van der Waals surface area contributed by atoms with E-state index >= 15 is 8.78 Å².